The Kier molecular flexibility index (Phi) is 3.55. The van der Waals surface area contributed by atoms with E-state index >= 15 is 0 Å². The minimum Gasteiger partial charge on any atom is -0.361 e. The summed E-state index contributed by atoms with van der Waals surface area (Å²) < 4.78 is 0. The summed E-state index contributed by atoms with van der Waals surface area (Å²) in [6.45, 7) is 0. The number of carbonyl (C=O) groups is 1. The van der Waals surface area contributed by atoms with Crippen LogP contribution in [-0.2, 0) is 11.2 Å². The maximum atomic E-state index is 12.0. The smallest absolute Gasteiger partial charge is 0.247 e. The molecule has 1 amide bonds. The highest BCUT2D eigenvalue weighted by atomic mass is 16.2. The standard InChI is InChI=1S/C18H15N5O/c24-18(9-17-21-15-7-3-4-8-16(15)22-17)23-20-11-12-10-19-14-6-2-1-5-13(12)14/h1-8,10-11,19H,9H2,(H,21,22)(H,23,24)/b20-11+. The van der Waals surface area contributed by atoms with Crippen LogP contribution in [0.15, 0.2) is 59.8 Å². The van der Waals surface area contributed by atoms with Gasteiger partial charge < -0.3 is 9.97 Å². The molecule has 0 bridgehead atoms. The zero-order valence-corrected chi connectivity index (χ0v) is 12.8. The zero-order chi connectivity index (χ0) is 16.4. The van der Waals surface area contributed by atoms with Crippen molar-refractivity contribution >= 4 is 34.1 Å². The molecule has 0 aliphatic heterocycles. The lowest BCUT2D eigenvalue weighted by molar-refractivity contribution is -0.120. The molecule has 4 aromatic rings. The van der Waals surface area contributed by atoms with Crippen LogP contribution in [0.4, 0.5) is 0 Å². The second-order valence-electron chi connectivity index (χ2n) is 5.46. The average molecular weight is 317 g/mol. The molecule has 0 aliphatic carbocycles. The lowest BCUT2D eigenvalue weighted by Crippen LogP contribution is -2.20. The third kappa shape index (κ3) is 2.77. The summed E-state index contributed by atoms with van der Waals surface area (Å²) >= 11 is 0. The lowest BCUT2D eigenvalue weighted by Gasteiger charge is -1.96. The number of nitrogens with zero attached hydrogens (tertiary/aromatic N) is 2. The number of aromatic nitrogens is 3. The third-order valence-electron chi connectivity index (χ3n) is 3.78. The van der Waals surface area contributed by atoms with Crippen molar-refractivity contribution < 1.29 is 4.79 Å². The second kappa shape index (κ2) is 6.00. The molecule has 6 heteroatoms. The highest BCUT2D eigenvalue weighted by molar-refractivity contribution is 5.99. The first-order chi connectivity index (χ1) is 11.8. The number of carbonyl (C=O) groups excluding carboxylic acids is 1. The Bertz CT molecular complexity index is 1010. The molecule has 0 radical (unpaired) electrons. The van der Waals surface area contributed by atoms with Crippen LogP contribution in [0.5, 0.6) is 0 Å². The molecule has 0 unspecified atom stereocenters. The molecular weight excluding hydrogens is 302 g/mol. The fourth-order valence-corrected chi connectivity index (χ4v) is 2.66. The van der Waals surface area contributed by atoms with Gasteiger partial charge in [-0.05, 0) is 18.2 Å². The number of hydrogen-bond donors (Lipinski definition) is 3. The number of amides is 1. The number of nitrogens with one attached hydrogen (secondary N) is 3. The first kappa shape index (κ1) is 14.2. The van der Waals surface area contributed by atoms with E-state index in [1.54, 1.807) is 6.21 Å². The van der Waals surface area contributed by atoms with Crippen molar-refractivity contribution in [2.24, 2.45) is 5.10 Å². The van der Waals surface area contributed by atoms with E-state index in [4.69, 9.17) is 0 Å². The number of benzene rings is 2. The normalized spacial score (nSPS) is 11.5. The molecule has 2 heterocycles. The van der Waals surface area contributed by atoms with E-state index in [1.165, 1.54) is 0 Å². The van der Waals surface area contributed by atoms with E-state index < -0.39 is 0 Å². The topological polar surface area (TPSA) is 85.9 Å². The molecule has 2 aromatic heterocycles. The van der Waals surface area contributed by atoms with Crippen molar-refractivity contribution in [3.8, 4) is 0 Å². The third-order valence-corrected chi connectivity index (χ3v) is 3.78. The number of fused-ring (bicyclic) bond motifs is 2. The summed E-state index contributed by atoms with van der Waals surface area (Å²) in [6, 6.07) is 15.6. The summed E-state index contributed by atoms with van der Waals surface area (Å²) in [5.41, 5.74) is 6.26. The highest BCUT2D eigenvalue weighted by Crippen LogP contribution is 2.15. The van der Waals surface area contributed by atoms with Crippen LogP contribution in [0, 0.1) is 0 Å². The van der Waals surface area contributed by atoms with Gasteiger partial charge in [-0.1, -0.05) is 30.3 Å². The Morgan fingerprint density at radius 1 is 1.12 bits per heavy atom. The van der Waals surface area contributed by atoms with Crippen LogP contribution in [0.25, 0.3) is 21.9 Å². The Hall–Kier alpha value is -3.41. The Labute approximate surface area is 137 Å². The minimum atomic E-state index is -0.217. The Morgan fingerprint density at radius 3 is 2.79 bits per heavy atom. The first-order valence-corrected chi connectivity index (χ1v) is 7.61. The van der Waals surface area contributed by atoms with Gasteiger partial charge in [0.05, 0.1) is 23.7 Å². The predicted octanol–water partition coefficient (Wildman–Crippen LogP) is 2.74. The van der Waals surface area contributed by atoms with E-state index in [0.717, 1.165) is 27.5 Å². The molecule has 4 rings (SSSR count). The van der Waals surface area contributed by atoms with E-state index in [0.29, 0.717) is 5.82 Å². The van der Waals surface area contributed by atoms with Gasteiger partial charge in [0.25, 0.3) is 0 Å². The van der Waals surface area contributed by atoms with Gasteiger partial charge in [-0.2, -0.15) is 5.10 Å². The molecule has 6 nitrogen and oxygen atoms in total. The number of para-hydroxylation sites is 3. The summed E-state index contributed by atoms with van der Waals surface area (Å²) in [7, 11) is 0. The fourth-order valence-electron chi connectivity index (χ4n) is 2.66. The summed E-state index contributed by atoms with van der Waals surface area (Å²) in [5.74, 6) is 0.404. The zero-order valence-electron chi connectivity index (χ0n) is 12.8. The molecule has 0 aliphatic rings. The molecule has 0 saturated heterocycles. The first-order valence-electron chi connectivity index (χ1n) is 7.61. The van der Waals surface area contributed by atoms with E-state index in [2.05, 4.69) is 25.5 Å². The number of hydrogen-bond acceptors (Lipinski definition) is 3. The number of aromatic amines is 2. The van der Waals surface area contributed by atoms with Crippen LogP contribution in [0.3, 0.4) is 0 Å². The maximum absolute atomic E-state index is 12.0. The molecule has 0 saturated carbocycles. The van der Waals surface area contributed by atoms with Gasteiger partial charge in [-0.25, -0.2) is 10.4 Å². The fraction of sp³-hybridized carbons (Fsp3) is 0.0556. The van der Waals surface area contributed by atoms with Gasteiger partial charge in [0.2, 0.25) is 5.91 Å². The Morgan fingerprint density at radius 2 is 1.92 bits per heavy atom. The number of hydrazone groups is 1. The van der Waals surface area contributed by atoms with Gasteiger partial charge in [-0.3, -0.25) is 4.79 Å². The van der Waals surface area contributed by atoms with Crippen LogP contribution >= 0.6 is 0 Å². The quantitative estimate of drug-likeness (QED) is 0.399. The van der Waals surface area contributed by atoms with Crippen molar-refractivity contribution in [1.29, 1.82) is 0 Å². The SMILES string of the molecule is O=C(Cc1nc2ccccc2[nH]1)N/N=C/c1c[nH]c2ccccc12. The monoisotopic (exact) mass is 317 g/mol. The summed E-state index contributed by atoms with van der Waals surface area (Å²) in [5, 5.41) is 5.09. The number of H-pyrrole nitrogens is 2. The van der Waals surface area contributed by atoms with Crippen molar-refractivity contribution in [2.75, 3.05) is 0 Å². The van der Waals surface area contributed by atoms with Crippen molar-refractivity contribution in [3.05, 3.63) is 66.1 Å². The van der Waals surface area contributed by atoms with Gasteiger partial charge in [0.15, 0.2) is 0 Å². The van der Waals surface area contributed by atoms with Crippen LogP contribution in [-0.4, -0.2) is 27.1 Å². The number of imidazole rings is 1. The van der Waals surface area contributed by atoms with Crippen molar-refractivity contribution in [2.45, 2.75) is 6.42 Å². The summed E-state index contributed by atoms with van der Waals surface area (Å²) in [4.78, 5) is 22.7. The van der Waals surface area contributed by atoms with Gasteiger partial charge >= 0.3 is 0 Å². The highest BCUT2D eigenvalue weighted by Gasteiger charge is 2.07. The average Bonchev–Trinajstić information content (AvgIpc) is 3.18. The lowest BCUT2D eigenvalue weighted by atomic mass is 10.2. The largest absolute Gasteiger partial charge is 0.361 e. The summed E-state index contributed by atoms with van der Waals surface area (Å²) in [6.07, 6.45) is 3.65. The molecule has 0 fully saturated rings. The molecular formula is C18H15N5O. The predicted molar refractivity (Wildman–Crippen MR) is 93.8 cm³/mol. The van der Waals surface area contributed by atoms with Crippen LogP contribution < -0.4 is 5.43 Å². The van der Waals surface area contributed by atoms with Crippen LogP contribution in [0.2, 0.25) is 0 Å². The van der Waals surface area contributed by atoms with E-state index in [1.807, 2.05) is 54.7 Å². The molecule has 118 valence electrons. The molecule has 3 N–H and O–H groups in total. The molecule has 2 aromatic carbocycles. The second-order valence-corrected chi connectivity index (χ2v) is 5.46. The van der Waals surface area contributed by atoms with Crippen molar-refractivity contribution in [1.82, 2.24) is 20.4 Å². The van der Waals surface area contributed by atoms with Crippen LogP contribution in [0.1, 0.15) is 11.4 Å². The minimum absolute atomic E-state index is 0.153. The van der Waals surface area contributed by atoms with Crippen molar-refractivity contribution in [3.63, 3.8) is 0 Å². The molecule has 24 heavy (non-hydrogen) atoms. The molecule has 0 atom stereocenters. The van der Waals surface area contributed by atoms with E-state index in [-0.39, 0.29) is 12.3 Å². The number of rotatable bonds is 4. The van der Waals surface area contributed by atoms with E-state index in [9.17, 15) is 4.79 Å². The van der Waals surface area contributed by atoms with Gasteiger partial charge in [-0.15, -0.1) is 0 Å². The molecule has 0 spiro atoms. The van der Waals surface area contributed by atoms with Gasteiger partial charge in [0.1, 0.15) is 5.82 Å². The maximum Gasteiger partial charge on any atom is 0.247 e. The Balaban J connectivity index is 1.42. The van der Waals surface area contributed by atoms with Gasteiger partial charge in [0, 0.05) is 22.7 Å².